The van der Waals surface area contributed by atoms with Crippen LogP contribution in [0.5, 0.6) is 0 Å². The fraction of sp³-hybridized carbons (Fsp3) is 0.846. The number of hydrogen-bond donors (Lipinski definition) is 1. The maximum Gasteiger partial charge on any atom is 0.246 e. The van der Waals surface area contributed by atoms with E-state index in [-0.39, 0.29) is 24.4 Å². The van der Waals surface area contributed by atoms with Gasteiger partial charge in [0.1, 0.15) is 0 Å². The zero-order chi connectivity index (χ0) is 13.8. The predicted octanol–water partition coefficient (Wildman–Crippen LogP) is -1.03. The molecule has 0 radical (unpaired) electrons. The van der Waals surface area contributed by atoms with Crippen molar-refractivity contribution in [3.05, 3.63) is 0 Å². The van der Waals surface area contributed by atoms with Crippen molar-refractivity contribution in [1.82, 2.24) is 20.0 Å². The maximum absolute atomic E-state index is 12.1. The second-order valence-electron chi connectivity index (χ2n) is 5.37. The van der Waals surface area contributed by atoms with Crippen LogP contribution in [-0.2, 0) is 9.59 Å². The van der Waals surface area contributed by atoms with Crippen LogP contribution in [-0.4, -0.2) is 85.4 Å². The molecule has 0 spiro atoms. The molecular formula is C13H24N4O2. The van der Waals surface area contributed by atoms with Gasteiger partial charge in [-0.3, -0.25) is 24.7 Å². The maximum atomic E-state index is 12.1. The molecule has 1 N–H and O–H groups in total. The Hall–Kier alpha value is -0.980. The molecule has 6 heteroatoms. The van der Waals surface area contributed by atoms with E-state index in [2.05, 4.69) is 22.2 Å². The van der Waals surface area contributed by atoms with Gasteiger partial charge in [0.05, 0.1) is 12.6 Å². The lowest BCUT2D eigenvalue weighted by Crippen LogP contribution is -2.59. The van der Waals surface area contributed by atoms with Crippen LogP contribution in [0.15, 0.2) is 0 Å². The Morgan fingerprint density at radius 1 is 1.16 bits per heavy atom. The number of hydrogen-bond acceptors (Lipinski definition) is 5. The van der Waals surface area contributed by atoms with Crippen molar-refractivity contribution in [1.29, 1.82) is 0 Å². The van der Waals surface area contributed by atoms with Crippen molar-refractivity contribution >= 4 is 11.8 Å². The summed E-state index contributed by atoms with van der Waals surface area (Å²) in [5.41, 5.74) is 0. The number of piperazine rings is 2. The van der Waals surface area contributed by atoms with Gasteiger partial charge in [-0.15, -0.1) is 0 Å². The lowest BCUT2D eigenvalue weighted by Gasteiger charge is -2.35. The molecule has 2 heterocycles. The normalized spacial score (nSPS) is 27.1. The van der Waals surface area contributed by atoms with Crippen molar-refractivity contribution in [3.63, 3.8) is 0 Å². The second kappa shape index (κ2) is 6.45. The van der Waals surface area contributed by atoms with Crippen LogP contribution in [0.2, 0.25) is 0 Å². The van der Waals surface area contributed by atoms with E-state index in [1.54, 1.807) is 0 Å². The molecule has 0 aromatic heterocycles. The van der Waals surface area contributed by atoms with Gasteiger partial charge in [0.2, 0.25) is 11.8 Å². The van der Waals surface area contributed by atoms with Crippen molar-refractivity contribution in [2.75, 3.05) is 52.9 Å². The zero-order valence-electron chi connectivity index (χ0n) is 11.9. The van der Waals surface area contributed by atoms with E-state index < -0.39 is 0 Å². The van der Waals surface area contributed by atoms with Crippen LogP contribution >= 0.6 is 0 Å². The second-order valence-corrected chi connectivity index (χ2v) is 5.37. The average molecular weight is 268 g/mol. The highest BCUT2D eigenvalue weighted by Crippen LogP contribution is 2.07. The Balaban J connectivity index is 1.83. The van der Waals surface area contributed by atoms with Crippen LogP contribution in [0.1, 0.15) is 13.3 Å². The summed E-state index contributed by atoms with van der Waals surface area (Å²) in [4.78, 5) is 30.0. The highest BCUT2D eigenvalue weighted by Gasteiger charge is 2.32. The van der Waals surface area contributed by atoms with Gasteiger partial charge in [-0.25, -0.2) is 0 Å². The van der Waals surface area contributed by atoms with Gasteiger partial charge in [-0.1, -0.05) is 6.92 Å². The van der Waals surface area contributed by atoms with Crippen LogP contribution in [0.4, 0.5) is 0 Å². The minimum atomic E-state index is -0.190. The fourth-order valence-corrected chi connectivity index (χ4v) is 2.57. The number of amides is 2. The molecule has 19 heavy (non-hydrogen) atoms. The lowest BCUT2D eigenvalue weighted by atomic mass is 10.1. The first-order valence-corrected chi connectivity index (χ1v) is 7.10. The molecule has 2 fully saturated rings. The molecule has 2 aliphatic rings. The van der Waals surface area contributed by atoms with Crippen LogP contribution in [0, 0.1) is 0 Å². The lowest BCUT2D eigenvalue weighted by molar-refractivity contribution is -0.149. The molecule has 2 aliphatic heterocycles. The molecule has 2 saturated heterocycles. The number of nitrogens with zero attached hydrogens (tertiary/aromatic N) is 3. The number of carbonyl (C=O) groups excluding carboxylic acids is 2. The Labute approximate surface area is 114 Å². The van der Waals surface area contributed by atoms with Crippen molar-refractivity contribution < 1.29 is 9.59 Å². The van der Waals surface area contributed by atoms with Gasteiger partial charge >= 0.3 is 0 Å². The molecule has 0 saturated carbocycles. The largest absolute Gasteiger partial charge is 0.304 e. The molecule has 0 aliphatic carbocycles. The van der Waals surface area contributed by atoms with E-state index >= 15 is 0 Å². The Morgan fingerprint density at radius 2 is 1.84 bits per heavy atom. The van der Waals surface area contributed by atoms with Crippen LogP contribution in [0.25, 0.3) is 0 Å². The summed E-state index contributed by atoms with van der Waals surface area (Å²) in [6.07, 6.45) is 0.733. The first-order valence-electron chi connectivity index (χ1n) is 7.10. The molecule has 1 atom stereocenters. The van der Waals surface area contributed by atoms with E-state index in [0.29, 0.717) is 6.54 Å². The number of nitrogens with one attached hydrogen (secondary N) is 1. The summed E-state index contributed by atoms with van der Waals surface area (Å²) in [6.45, 7) is 7.71. The Morgan fingerprint density at radius 3 is 2.47 bits per heavy atom. The third kappa shape index (κ3) is 3.52. The molecule has 1 unspecified atom stereocenters. The third-order valence-electron chi connectivity index (χ3n) is 4.01. The number of likely N-dealkylation sites (N-methyl/N-ethyl adjacent to an activating group) is 1. The highest BCUT2D eigenvalue weighted by molar-refractivity contribution is 6.01. The van der Waals surface area contributed by atoms with Gasteiger partial charge in [-0.05, 0) is 13.5 Å². The van der Waals surface area contributed by atoms with E-state index in [4.69, 9.17) is 0 Å². The fourth-order valence-electron chi connectivity index (χ4n) is 2.57. The summed E-state index contributed by atoms with van der Waals surface area (Å²) < 4.78 is 0. The minimum Gasteiger partial charge on any atom is -0.304 e. The number of carbonyl (C=O) groups is 2. The predicted molar refractivity (Wildman–Crippen MR) is 72.7 cm³/mol. The standard InChI is InChI=1S/C13H24N4O2/c1-3-11-13(19)17(12(18)10-14-11)9-8-16-6-4-15(2)5-7-16/h11,14H,3-10H2,1-2H3. The molecule has 0 aromatic carbocycles. The molecule has 0 aromatic rings. The van der Waals surface area contributed by atoms with Gasteiger partial charge < -0.3 is 4.90 Å². The van der Waals surface area contributed by atoms with Crippen LogP contribution in [0.3, 0.4) is 0 Å². The average Bonchev–Trinajstić information content (AvgIpc) is 2.41. The molecule has 0 bridgehead atoms. The summed E-state index contributed by atoms with van der Waals surface area (Å²) in [7, 11) is 2.12. The topological polar surface area (TPSA) is 55.9 Å². The van der Waals surface area contributed by atoms with E-state index in [0.717, 1.165) is 39.1 Å². The van der Waals surface area contributed by atoms with Gasteiger partial charge in [0.25, 0.3) is 0 Å². The van der Waals surface area contributed by atoms with Crippen molar-refractivity contribution in [2.45, 2.75) is 19.4 Å². The molecular weight excluding hydrogens is 244 g/mol. The zero-order valence-corrected chi connectivity index (χ0v) is 11.9. The summed E-state index contributed by atoms with van der Waals surface area (Å²) in [5, 5.41) is 2.98. The minimum absolute atomic E-state index is 0.0622. The summed E-state index contributed by atoms with van der Waals surface area (Å²) in [5.74, 6) is -0.156. The monoisotopic (exact) mass is 268 g/mol. The van der Waals surface area contributed by atoms with Gasteiger partial charge in [0.15, 0.2) is 0 Å². The first kappa shape index (κ1) is 14.4. The quantitative estimate of drug-likeness (QED) is 0.661. The van der Waals surface area contributed by atoms with Gasteiger partial charge in [-0.2, -0.15) is 0 Å². The number of imide groups is 1. The third-order valence-corrected chi connectivity index (χ3v) is 4.01. The molecule has 2 rings (SSSR count). The van der Waals surface area contributed by atoms with E-state index in [9.17, 15) is 9.59 Å². The van der Waals surface area contributed by atoms with E-state index in [1.165, 1.54) is 4.90 Å². The molecule has 108 valence electrons. The summed E-state index contributed by atoms with van der Waals surface area (Å²) in [6, 6.07) is -0.190. The SMILES string of the molecule is CCC1NCC(=O)N(CCN2CCN(C)CC2)C1=O. The van der Waals surface area contributed by atoms with E-state index in [1.807, 2.05) is 6.92 Å². The van der Waals surface area contributed by atoms with Gasteiger partial charge in [0, 0.05) is 39.3 Å². The molecule has 2 amide bonds. The van der Waals surface area contributed by atoms with Crippen LogP contribution < -0.4 is 5.32 Å². The smallest absolute Gasteiger partial charge is 0.246 e. The first-order chi connectivity index (χ1) is 9.11. The van der Waals surface area contributed by atoms with Crippen molar-refractivity contribution in [2.24, 2.45) is 0 Å². The number of rotatable bonds is 4. The Bertz CT molecular complexity index is 340. The molecule has 6 nitrogen and oxygen atoms in total. The van der Waals surface area contributed by atoms with Crippen molar-refractivity contribution in [3.8, 4) is 0 Å². The summed E-state index contributed by atoms with van der Waals surface area (Å²) >= 11 is 0. The highest BCUT2D eigenvalue weighted by atomic mass is 16.2. The Kier molecular flexibility index (Phi) is 4.90.